The Kier molecular flexibility index (Phi) is 7.46. The maximum absolute atomic E-state index is 13.1. The quantitative estimate of drug-likeness (QED) is 0.609. The lowest BCUT2D eigenvalue weighted by Crippen LogP contribution is -2.35. The summed E-state index contributed by atoms with van der Waals surface area (Å²) in [6.07, 6.45) is 5.69. The molecular formula is C23H27FN2O4S. The molecule has 1 saturated heterocycles. The van der Waals surface area contributed by atoms with Crippen molar-refractivity contribution in [2.75, 3.05) is 27.2 Å². The number of hydrogen-bond acceptors (Lipinski definition) is 4. The molecule has 3 rings (SSSR count). The Morgan fingerprint density at radius 3 is 2.45 bits per heavy atom. The van der Waals surface area contributed by atoms with E-state index in [1.807, 2.05) is 0 Å². The maximum atomic E-state index is 13.1. The highest BCUT2D eigenvalue weighted by Gasteiger charge is 2.29. The summed E-state index contributed by atoms with van der Waals surface area (Å²) < 4.78 is 46.0. The Labute approximate surface area is 183 Å². The first-order valence-electron chi connectivity index (χ1n) is 10.2. The van der Waals surface area contributed by atoms with Crippen molar-refractivity contribution in [2.45, 2.75) is 30.7 Å². The smallest absolute Gasteiger partial charge is 0.246 e. The topological polar surface area (TPSA) is 66.9 Å². The largest absolute Gasteiger partial charge is 0.495 e. The van der Waals surface area contributed by atoms with Crippen molar-refractivity contribution < 1.29 is 22.3 Å². The van der Waals surface area contributed by atoms with Gasteiger partial charge >= 0.3 is 0 Å². The number of nitrogens with zero attached hydrogens (tertiary/aromatic N) is 2. The van der Waals surface area contributed by atoms with Crippen molar-refractivity contribution >= 4 is 22.0 Å². The van der Waals surface area contributed by atoms with E-state index in [1.54, 1.807) is 37.4 Å². The first kappa shape index (κ1) is 23.0. The summed E-state index contributed by atoms with van der Waals surface area (Å²) in [7, 11) is -0.590. The minimum atomic E-state index is -3.68. The summed E-state index contributed by atoms with van der Waals surface area (Å²) in [4.78, 5) is 14.1. The van der Waals surface area contributed by atoms with E-state index in [9.17, 15) is 17.6 Å². The molecule has 0 saturated carbocycles. The van der Waals surface area contributed by atoms with Gasteiger partial charge in [-0.05, 0) is 54.3 Å². The first-order valence-corrected chi connectivity index (χ1v) is 11.6. The predicted octanol–water partition coefficient (Wildman–Crippen LogP) is 3.68. The van der Waals surface area contributed by atoms with E-state index in [0.717, 1.165) is 24.8 Å². The van der Waals surface area contributed by atoms with E-state index >= 15 is 0 Å². The number of likely N-dealkylation sites (N-methyl/N-ethyl adjacent to an activating group) is 1. The Morgan fingerprint density at radius 2 is 1.81 bits per heavy atom. The van der Waals surface area contributed by atoms with Gasteiger partial charge in [0.2, 0.25) is 15.9 Å². The van der Waals surface area contributed by atoms with Crippen molar-refractivity contribution in [1.82, 2.24) is 9.21 Å². The Hall–Kier alpha value is -2.71. The number of carbonyl (C=O) groups excluding carboxylic acids is 1. The van der Waals surface area contributed by atoms with Gasteiger partial charge in [0.05, 0.1) is 7.11 Å². The second kappa shape index (κ2) is 10.1. The Morgan fingerprint density at radius 1 is 1.13 bits per heavy atom. The van der Waals surface area contributed by atoms with Crippen LogP contribution in [0.3, 0.4) is 0 Å². The van der Waals surface area contributed by atoms with E-state index < -0.39 is 10.0 Å². The van der Waals surface area contributed by atoms with E-state index in [1.165, 1.54) is 40.6 Å². The molecule has 166 valence electrons. The molecule has 0 aromatic heterocycles. The van der Waals surface area contributed by atoms with Crippen molar-refractivity contribution in [3.05, 3.63) is 65.5 Å². The molecule has 0 aliphatic carbocycles. The number of amides is 1. The van der Waals surface area contributed by atoms with Crippen LogP contribution in [0.15, 0.2) is 53.4 Å². The molecule has 1 amide bonds. The van der Waals surface area contributed by atoms with Crippen LogP contribution in [-0.2, 0) is 21.4 Å². The van der Waals surface area contributed by atoms with Gasteiger partial charge in [0.25, 0.3) is 0 Å². The van der Waals surface area contributed by atoms with Crippen molar-refractivity contribution in [3.63, 3.8) is 0 Å². The lowest BCUT2D eigenvalue weighted by atomic mass is 10.2. The van der Waals surface area contributed by atoms with Gasteiger partial charge in [-0.25, -0.2) is 12.8 Å². The van der Waals surface area contributed by atoms with Crippen molar-refractivity contribution in [1.29, 1.82) is 0 Å². The minimum absolute atomic E-state index is 0.103. The fraction of sp³-hybridized carbons (Fsp3) is 0.348. The van der Waals surface area contributed by atoms with Crippen molar-refractivity contribution in [3.8, 4) is 5.75 Å². The predicted molar refractivity (Wildman–Crippen MR) is 118 cm³/mol. The molecule has 1 aliphatic heterocycles. The summed E-state index contributed by atoms with van der Waals surface area (Å²) in [6, 6.07) is 10.8. The number of hydrogen-bond donors (Lipinski definition) is 0. The molecule has 1 heterocycles. The monoisotopic (exact) mass is 446 g/mol. The summed E-state index contributed by atoms with van der Waals surface area (Å²) >= 11 is 0. The summed E-state index contributed by atoms with van der Waals surface area (Å²) in [6.45, 7) is 1.33. The molecule has 2 aromatic carbocycles. The van der Waals surface area contributed by atoms with Gasteiger partial charge in [-0.1, -0.05) is 24.6 Å². The standard InChI is InChI=1S/C23H27FN2O4S/c1-25(17-19-6-10-20(24)11-7-19)23(27)13-9-18-8-12-21(30-2)22(16-18)31(28,29)26-14-4-3-5-15-26/h6-13,16H,3-5,14-15,17H2,1-2H3/b13-9+. The second-order valence-electron chi connectivity index (χ2n) is 7.53. The van der Waals surface area contributed by atoms with Gasteiger partial charge in [-0.15, -0.1) is 0 Å². The van der Waals surface area contributed by atoms with Crippen LogP contribution in [0.2, 0.25) is 0 Å². The molecule has 0 radical (unpaired) electrons. The van der Waals surface area contributed by atoms with Gasteiger partial charge in [-0.2, -0.15) is 4.31 Å². The summed E-state index contributed by atoms with van der Waals surface area (Å²) in [5.41, 5.74) is 1.39. The first-order chi connectivity index (χ1) is 14.8. The fourth-order valence-corrected chi connectivity index (χ4v) is 5.19. The third-order valence-corrected chi connectivity index (χ3v) is 7.17. The normalized spacial score (nSPS) is 15.2. The van der Waals surface area contributed by atoms with Crippen LogP contribution in [0, 0.1) is 5.82 Å². The number of rotatable bonds is 7. The van der Waals surface area contributed by atoms with Gasteiger partial charge in [0.1, 0.15) is 16.5 Å². The van der Waals surface area contributed by atoms with Crippen LogP contribution >= 0.6 is 0 Å². The molecular weight excluding hydrogens is 419 g/mol. The Bertz CT molecular complexity index is 1050. The van der Waals surface area contributed by atoms with Gasteiger partial charge in [0.15, 0.2) is 0 Å². The highest BCUT2D eigenvalue weighted by atomic mass is 32.2. The van der Waals surface area contributed by atoms with Gasteiger partial charge in [-0.3, -0.25) is 4.79 Å². The highest BCUT2D eigenvalue weighted by molar-refractivity contribution is 7.89. The van der Waals surface area contributed by atoms with Crippen LogP contribution in [0.4, 0.5) is 4.39 Å². The van der Waals surface area contributed by atoms with Gasteiger partial charge in [0, 0.05) is 32.8 Å². The molecule has 0 atom stereocenters. The van der Waals surface area contributed by atoms with E-state index in [-0.39, 0.29) is 22.4 Å². The van der Waals surface area contributed by atoms with E-state index in [2.05, 4.69) is 0 Å². The number of benzene rings is 2. The summed E-state index contributed by atoms with van der Waals surface area (Å²) in [5, 5.41) is 0. The number of ether oxygens (including phenoxy) is 1. The van der Waals surface area contributed by atoms with Crippen LogP contribution < -0.4 is 4.74 Å². The average Bonchev–Trinajstić information content (AvgIpc) is 2.79. The molecule has 2 aromatic rings. The lowest BCUT2D eigenvalue weighted by Gasteiger charge is -2.26. The third-order valence-electron chi connectivity index (χ3n) is 5.25. The number of sulfonamides is 1. The van der Waals surface area contributed by atoms with Crippen LogP contribution in [0.1, 0.15) is 30.4 Å². The third kappa shape index (κ3) is 5.71. The minimum Gasteiger partial charge on any atom is -0.495 e. The van der Waals surface area contributed by atoms with Crippen LogP contribution in [0.5, 0.6) is 5.75 Å². The fourth-order valence-electron chi connectivity index (χ4n) is 3.48. The number of piperidine rings is 1. The van der Waals surface area contributed by atoms with Crippen LogP contribution in [-0.4, -0.2) is 50.8 Å². The zero-order valence-corrected chi connectivity index (χ0v) is 18.6. The summed E-state index contributed by atoms with van der Waals surface area (Å²) in [5.74, 6) is -0.296. The molecule has 0 unspecified atom stereocenters. The maximum Gasteiger partial charge on any atom is 0.246 e. The molecule has 1 fully saturated rings. The molecule has 0 bridgehead atoms. The molecule has 0 N–H and O–H groups in total. The van der Waals surface area contributed by atoms with E-state index in [0.29, 0.717) is 25.2 Å². The zero-order chi connectivity index (χ0) is 22.4. The Balaban J connectivity index is 1.76. The lowest BCUT2D eigenvalue weighted by molar-refractivity contribution is -0.125. The highest BCUT2D eigenvalue weighted by Crippen LogP contribution is 2.30. The average molecular weight is 447 g/mol. The molecule has 0 spiro atoms. The second-order valence-corrected chi connectivity index (χ2v) is 9.44. The number of halogens is 1. The molecule has 31 heavy (non-hydrogen) atoms. The van der Waals surface area contributed by atoms with Gasteiger partial charge < -0.3 is 9.64 Å². The zero-order valence-electron chi connectivity index (χ0n) is 17.8. The number of carbonyl (C=O) groups is 1. The SMILES string of the molecule is COc1ccc(/C=C/C(=O)N(C)Cc2ccc(F)cc2)cc1S(=O)(=O)N1CCCCC1. The molecule has 1 aliphatic rings. The molecule has 8 heteroatoms. The van der Waals surface area contributed by atoms with Crippen LogP contribution in [0.25, 0.3) is 6.08 Å². The molecule has 6 nitrogen and oxygen atoms in total. The van der Waals surface area contributed by atoms with Crippen molar-refractivity contribution in [2.24, 2.45) is 0 Å². The number of methoxy groups -OCH3 is 1. The van der Waals surface area contributed by atoms with E-state index in [4.69, 9.17) is 4.74 Å².